The normalized spacial score (nSPS) is 20.6. The first-order chi connectivity index (χ1) is 17.6. The number of aliphatic carboxylic acids is 1. The average molecular weight is 604 g/mol. The van der Waals surface area contributed by atoms with Gasteiger partial charge in [0.1, 0.15) is 16.6 Å². The Hall–Kier alpha value is -3.33. The van der Waals surface area contributed by atoms with Gasteiger partial charge in [0, 0.05) is 16.4 Å². The Morgan fingerprint density at radius 2 is 1.89 bits per heavy atom. The zero-order valence-electron chi connectivity index (χ0n) is 18.0. The summed E-state index contributed by atoms with van der Waals surface area (Å²) >= 11 is 0.662. The molecule has 0 saturated carbocycles. The molecule has 2 amide bonds. The fourth-order valence-electron chi connectivity index (χ4n) is 3.76. The number of carboxylic acid groups (broad SMARTS) is 1. The number of anilines is 1. The molecule has 0 aliphatic carbocycles. The predicted octanol–water partition coefficient (Wildman–Crippen LogP) is 3.00. The van der Waals surface area contributed by atoms with Crippen LogP contribution in [0.3, 0.4) is 0 Å². The van der Waals surface area contributed by atoms with Crippen molar-refractivity contribution < 1.29 is 45.8 Å². The molecule has 2 aromatic rings. The smallest absolute Gasteiger partial charge is 0.434 e. The van der Waals surface area contributed by atoms with Gasteiger partial charge in [-0.3, -0.25) is 14.5 Å². The number of carbonyl (C=O) groups excluding carboxylic acids is 2. The van der Waals surface area contributed by atoms with E-state index in [0.717, 1.165) is 4.90 Å². The summed E-state index contributed by atoms with van der Waals surface area (Å²) in [7, 11) is 0. The molecule has 2 aromatic heterocycles. The summed E-state index contributed by atoms with van der Waals surface area (Å²) < 4.78 is 81.6. The van der Waals surface area contributed by atoms with Crippen LogP contribution in [0.25, 0.3) is 0 Å². The molecule has 3 atom stereocenters. The molecule has 0 spiro atoms. The number of hydrogen-bond donors (Lipinski definition) is 3. The average Bonchev–Trinajstić information content (AvgIpc) is 3.44. The van der Waals surface area contributed by atoms with Crippen LogP contribution < -0.4 is 11.1 Å². The van der Waals surface area contributed by atoms with Gasteiger partial charge >= 0.3 is 18.3 Å². The van der Waals surface area contributed by atoms with Crippen molar-refractivity contribution in [3.05, 3.63) is 31.9 Å². The SMILES string of the molecule is Nc1nc(C(N=O)C(=O)NC2C(=O)N3C(C(=O)O)=C(Sc4nc(C(F)(F)F)c(C(F)(F)F)s4)CCC23)ns1. The van der Waals surface area contributed by atoms with Gasteiger partial charge in [0.2, 0.25) is 6.04 Å². The van der Waals surface area contributed by atoms with Crippen LogP contribution in [0.15, 0.2) is 20.1 Å². The van der Waals surface area contributed by atoms with Crippen molar-refractivity contribution in [2.75, 3.05) is 5.73 Å². The third kappa shape index (κ3) is 5.04. The van der Waals surface area contributed by atoms with Crippen LogP contribution in [0.5, 0.6) is 0 Å². The first-order valence-electron chi connectivity index (χ1n) is 9.98. The number of alkyl halides is 6. The lowest BCUT2D eigenvalue weighted by Crippen LogP contribution is -2.71. The fraction of sp³-hybridized carbons (Fsp3) is 0.412. The van der Waals surface area contributed by atoms with E-state index in [0.29, 0.717) is 11.5 Å². The minimum atomic E-state index is -5.41. The van der Waals surface area contributed by atoms with E-state index in [4.69, 9.17) is 5.73 Å². The number of halogens is 6. The molecular formula is C17H11F6N7O5S3. The summed E-state index contributed by atoms with van der Waals surface area (Å²) in [5.41, 5.74) is 2.59. The first-order valence-corrected chi connectivity index (χ1v) is 12.4. The monoisotopic (exact) mass is 603 g/mol. The van der Waals surface area contributed by atoms with Gasteiger partial charge in [-0.15, -0.1) is 16.2 Å². The molecule has 204 valence electrons. The van der Waals surface area contributed by atoms with Crippen LogP contribution in [0.2, 0.25) is 0 Å². The van der Waals surface area contributed by atoms with Crippen molar-refractivity contribution in [2.24, 2.45) is 5.18 Å². The molecule has 2 aliphatic rings. The second-order valence-electron chi connectivity index (χ2n) is 7.63. The van der Waals surface area contributed by atoms with E-state index in [1.807, 2.05) is 0 Å². The van der Waals surface area contributed by atoms with Crippen molar-refractivity contribution in [3.8, 4) is 0 Å². The van der Waals surface area contributed by atoms with E-state index < -0.39 is 68.9 Å². The summed E-state index contributed by atoms with van der Waals surface area (Å²) in [5, 5.41) is 14.5. The van der Waals surface area contributed by atoms with Crippen molar-refractivity contribution in [2.45, 2.75) is 47.7 Å². The number of β-lactam (4-membered cyclic amide) rings is 1. The Bertz CT molecular complexity index is 1330. The van der Waals surface area contributed by atoms with Gasteiger partial charge in [-0.2, -0.15) is 30.7 Å². The van der Waals surface area contributed by atoms with E-state index in [9.17, 15) is 50.7 Å². The van der Waals surface area contributed by atoms with Gasteiger partial charge < -0.3 is 16.2 Å². The van der Waals surface area contributed by atoms with Crippen molar-refractivity contribution in [1.82, 2.24) is 24.6 Å². The lowest BCUT2D eigenvalue weighted by molar-refractivity contribution is -0.162. The van der Waals surface area contributed by atoms with Crippen LogP contribution >= 0.6 is 34.6 Å². The van der Waals surface area contributed by atoms with Crippen LogP contribution in [0, 0.1) is 4.91 Å². The number of nitrogens with two attached hydrogens (primary N) is 1. The number of nitrogens with zero attached hydrogens (tertiary/aromatic N) is 5. The zero-order valence-corrected chi connectivity index (χ0v) is 20.5. The molecule has 38 heavy (non-hydrogen) atoms. The minimum absolute atomic E-state index is 0.0134. The van der Waals surface area contributed by atoms with Crippen molar-refractivity contribution >= 4 is 57.5 Å². The maximum atomic E-state index is 13.1. The maximum Gasteiger partial charge on any atom is 0.434 e. The Labute approximate surface area is 218 Å². The van der Waals surface area contributed by atoms with Crippen molar-refractivity contribution in [3.63, 3.8) is 0 Å². The number of nitrogens with one attached hydrogen (secondary N) is 1. The molecule has 2 aliphatic heterocycles. The van der Waals surface area contributed by atoms with Gasteiger partial charge in [-0.25, -0.2) is 14.8 Å². The summed E-state index contributed by atoms with van der Waals surface area (Å²) in [6.07, 6.45) is -10.9. The highest BCUT2D eigenvalue weighted by Gasteiger charge is 2.54. The number of allylic oxidation sites excluding steroid dienone is 1. The van der Waals surface area contributed by atoms with E-state index in [-0.39, 0.29) is 51.8 Å². The van der Waals surface area contributed by atoms with Gasteiger partial charge in [0.15, 0.2) is 21.0 Å². The Balaban J connectivity index is 1.57. The summed E-state index contributed by atoms with van der Waals surface area (Å²) in [4.78, 5) is 53.6. The number of amides is 2. The van der Waals surface area contributed by atoms with E-state index in [1.165, 1.54) is 0 Å². The third-order valence-corrected chi connectivity index (χ3v) is 8.15. The molecule has 12 nitrogen and oxygen atoms in total. The quantitative estimate of drug-likeness (QED) is 0.242. The summed E-state index contributed by atoms with van der Waals surface area (Å²) in [5.74, 6) is -3.97. The number of fused-ring (bicyclic) bond motifs is 1. The lowest BCUT2D eigenvalue weighted by atomic mass is 9.86. The first kappa shape index (κ1) is 27.7. The van der Waals surface area contributed by atoms with Gasteiger partial charge in [0.05, 0.1) is 6.04 Å². The molecular weight excluding hydrogens is 592 g/mol. The van der Waals surface area contributed by atoms with Crippen LogP contribution in [-0.4, -0.2) is 54.2 Å². The largest absolute Gasteiger partial charge is 0.477 e. The number of thioether (sulfide) groups is 1. The van der Waals surface area contributed by atoms with Crippen molar-refractivity contribution in [1.29, 1.82) is 0 Å². The standard InChI is InChI=1S/C17H11F6N7O5S3/c18-16(19,20)8-9(17(21,22)23)37-15(26-8)36-4-2-1-3-5(12(32)30(3)7(4)13(33)34)25-11(31)6(28-35)10-27-14(24)38-29-10/h3,5-6H,1-2H2,(H,25,31)(H,33,34)(H2,24,27,29). The number of nitrogen functional groups attached to an aromatic ring is 1. The summed E-state index contributed by atoms with van der Waals surface area (Å²) in [6, 6.07) is -3.95. The molecule has 0 radical (unpaired) electrons. The topological polar surface area (TPSA) is 181 Å². The molecule has 1 saturated heterocycles. The Kier molecular flexibility index (Phi) is 7.12. The molecule has 21 heteroatoms. The number of thiazole rings is 1. The van der Waals surface area contributed by atoms with E-state index >= 15 is 0 Å². The summed E-state index contributed by atoms with van der Waals surface area (Å²) in [6.45, 7) is 0. The molecule has 4 N–H and O–H groups in total. The Morgan fingerprint density at radius 1 is 1.21 bits per heavy atom. The van der Waals surface area contributed by atoms with Gasteiger partial charge in [-0.1, -0.05) is 11.8 Å². The van der Waals surface area contributed by atoms with Crippen LogP contribution in [0.4, 0.5) is 31.5 Å². The van der Waals surface area contributed by atoms with Crippen LogP contribution in [-0.2, 0) is 26.7 Å². The van der Waals surface area contributed by atoms with Gasteiger partial charge in [-0.05, 0) is 18.0 Å². The number of nitroso groups, excluding NO2 is 1. The number of rotatable bonds is 7. The second kappa shape index (κ2) is 9.76. The van der Waals surface area contributed by atoms with E-state index in [1.54, 1.807) is 0 Å². The zero-order chi connectivity index (χ0) is 28.2. The number of carboxylic acids is 1. The predicted molar refractivity (Wildman–Crippen MR) is 117 cm³/mol. The van der Waals surface area contributed by atoms with E-state index in [2.05, 4.69) is 24.8 Å². The number of carbonyl (C=O) groups is 3. The number of hydrogen-bond acceptors (Lipinski definition) is 12. The molecule has 0 bridgehead atoms. The molecule has 0 aromatic carbocycles. The highest BCUT2D eigenvalue weighted by atomic mass is 32.2. The lowest BCUT2D eigenvalue weighted by Gasteiger charge is -2.50. The van der Waals surface area contributed by atoms with Gasteiger partial charge in [0.25, 0.3) is 11.8 Å². The molecule has 1 fully saturated rings. The second-order valence-corrected chi connectivity index (χ2v) is 10.8. The fourth-order valence-corrected chi connectivity index (χ4v) is 6.48. The molecule has 3 unspecified atom stereocenters. The third-order valence-electron chi connectivity index (χ3n) is 5.29. The Morgan fingerprint density at radius 3 is 2.39 bits per heavy atom. The minimum Gasteiger partial charge on any atom is -0.477 e. The molecule has 4 rings (SSSR count). The number of aromatic nitrogens is 3. The maximum absolute atomic E-state index is 13.1. The van der Waals surface area contributed by atoms with Crippen LogP contribution in [0.1, 0.15) is 35.3 Å². The highest BCUT2D eigenvalue weighted by Crippen LogP contribution is 2.49. The molecule has 4 heterocycles. The highest BCUT2D eigenvalue weighted by molar-refractivity contribution is 8.04.